The fourth-order valence-electron chi connectivity index (χ4n) is 2.59. The lowest BCUT2D eigenvalue weighted by molar-refractivity contribution is -0.114. The molecule has 3 amide bonds. The van der Waals surface area contributed by atoms with Gasteiger partial charge in [-0.05, 0) is 51.0 Å². The van der Waals surface area contributed by atoms with Gasteiger partial charge in [-0.1, -0.05) is 32.0 Å². The van der Waals surface area contributed by atoms with Gasteiger partial charge in [-0.2, -0.15) is 0 Å². The van der Waals surface area contributed by atoms with Crippen molar-refractivity contribution in [2.24, 2.45) is 4.99 Å². The summed E-state index contributed by atoms with van der Waals surface area (Å²) >= 11 is 0. The summed E-state index contributed by atoms with van der Waals surface area (Å²) in [7, 11) is 0. The highest BCUT2D eigenvalue weighted by Gasteiger charge is 2.16. The van der Waals surface area contributed by atoms with Crippen LogP contribution in [-0.2, 0) is 14.3 Å². The number of nitrogens with zero attached hydrogens (tertiary/aromatic N) is 1. The van der Waals surface area contributed by atoms with Crippen LogP contribution in [0.4, 0.5) is 21.0 Å². The zero-order valence-corrected chi connectivity index (χ0v) is 20.6. The van der Waals surface area contributed by atoms with E-state index in [1.165, 1.54) is 6.92 Å². The van der Waals surface area contributed by atoms with Crippen molar-refractivity contribution >= 4 is 35.4 Å². The number of hydrogen-bond acceptors (Lipinski definition) is 6. The summed E-state index contributed by atoms with van der Waals surface area (Å²) in [5, 5.41) is 7.97. The second-order valence-electron chi connectivity index (χ2n) is 7.74. The third-order valence-electron chi connectivity index (χ3n) is 4.72. The van der Waals surface area contributed by atoms with Crippen LogP contribution in [0.15, 0.2) is 53.5 Å². The van der Waals surface area contributed by atoms with E-state index in [0.29, 0.717) is 35.7 Å². The smallest absolute Gasteiger partial charge is 0.437 e. The summed E-state index contributed by atoms with van der Waals surface area (Å²) in [5.74, 6) is 0.523. The van der Waals surface area contributed by atoms with Gasteiger partial charge in [0.25, 0.3) is 0 Å². The van der Waals surface area contributed by atoms with Gasteiger partial charge in [0.05, 0.1) is 11.4 Å². The molecule has 0 aliphatic carbocycles. The van der Waals surface area contributed by atoms with Gasteiger partial charge in [0.15, 0.2) is 0 Å². The van der Waals surface area contributed by atoms with Gasteiger partial charge in [0.2, 0.25) is 11.9 Å². The highest BCUT2D eigenvalue weighted by molar-refractivity contribution is 6.08. The number of ether oxygens (including phenoxy) is 3. The molecule has 188 valence electrons. The maximum atomic E-state index is 12.3. The molecule has 35 heavy (non-hydrogen) atoms. The average molecular weight is 485 g/mol. The fourth-order valence-corrected chi connectivity index (χ4v) is 2.59. The van der Waals surface area contributed by atoms with Crippen molar-refractivity contribution in [2.75, 3.05) is 10.6 Å². The number of rotatable bonds is 8. The number of nitrogens with one attached hydrogen (secondary N) is 3. The molecule has 0 bridgehead atoms. The first-order valence-electron chi connectivity index (χ1n) is 11.4. The van der Waals surface area contributed by atoms with Crippen LogP contribution in [0.1, 0.15) is 47.5 Å². The summed E-state index contributed by atoms with van der Waals surface area (Å²) in [5.41, 5.74) is 0.686. The Morgan fingerprint density at radius 3 is 2.14 bits per heavy atom. The molecule has 0 saturated heterocycles. The van der Waals surface area contributed by atoms with Crippen molar-refractivity contribution in [3.05, 3.63) is 48.5 Å². The predicted octanol–water partition coefficient (Wildman–Crippen LogP) is 5.67. The van der Waals surface area contributed by atoms with E-state index in [0.717, 1.165) is 0 Å². The topological polar surface area (TPSA) is 127 Å². The van der Waals surface area contributed by atoms with Crippen LogP contribution in [0.3, 0.4) is 0 Å². The van der Waals surface area contributed by atoms with E-state index in [1.54, 1.807) is 44.2 Å². The maximum absolute atomic E-state index is 12.3. The average Bonchev–Trinajstić information content (AvgIpc) is 2.80. The third kappa shape index (κ3) is 9.75. The molecule has 10 nitrogen and oxygen atoms in total. The molecule has 2 atom stereocenters. The lowest BCUT2D eigenvalue weighted by Gasteiger charge is -2.17. The number of aliphatic imine (C=N–C) groups is 1. The number of benzene rings is 2. The molecule has 0 aromatic heterocycles. The molecule has 0 heterocycles. The summed E-state index contributed by atoms with van der Waals surface area (Å²) in [6.07, 6.45) is -1.18. The van der Waals surface area contributed by atoms with E-state index in [1.807, 2.05) is 32.0 Å². The molecule has 3 N–H and O–H groups in total. The van der Waals surface area contributed by atoms with Gasteiger partial charge in [-0.15, -0.1) is 4.99 Å². The maximum Gasteiger partial charge on any atom is 0.437 e. The first kappa shape index (κ1) is 27.2. The van der Waals surface area contributed by atoms with Crippen LogP contribution >= 0.6 is 0 Å². The Morgan fingerprint density at radius 2 is 1.51 bits per heavy atom. The van der Waals surface area contributed by atoms with Gasteiger partial charge in [0.1, 0.15) is 23.7 Å². The Bertz CT molecular complexity index is 1040. The molecule has 0 fully saturated rings. The van der Waals surface area contributed by atoms with Crippen LogP contribution in [0.25, 0.3) is 0 Å². The summed E-state index contributed by atoms with van der Waals surface area (Å²) in [6.45, 7) is 8.55. The van der Waals surface area contributed by atoms with Crippen molar-refractivity contribution in [2.45, 2.75) is 59.7 Å². The Kier molecular flexibility index (Phi) is 10.5. The van der Waals surface area contributed by atoms with E-state index in [2.05, 4.69) is 20.9 Å². The lowest BCUT2D eigenvalue weighted by Crippen LogP contribution is -2.38. The molecule has 2 aromatic rings. The van der Waals surface area contributed by atoms with Gasteiger partial charge >= 0.3 is 12.2 Å². The molecule has 0 aliphatic heterocycles. The van der Waals surface area contributed by atoms with E-state index in [4.69, 9.17) is 14.2 Å². The highest BCUT2D eigenvalue weighted by atomic mass is 16.6. The number of carbonyl (C=O) groups is 3. The van der Waals surface area contributed by atoms with E-state index >= 15 is 0 Å². The van der Waals surface area contributed by atoms with Gasteiger partial charge in [-0.3, -0.25) is 10.1 Å². The molecule has 2 rings (SSSR count). The van der Waals surface area contributed by atoms with Crippen molar-refractivity contribution < 1.29 is 28.6 Å². The summed E-state index contributed by atoms with van der Waals surface area (Å²) in [4.78, 5) is 40.2. The fraction of sp³-hybridized carbons (Fsp3) is 0.360. The van der Waals surface area contributed by atoms with Crippen LogP contribution in [0.5, 0.6) is 11.5 Å². The summed E-state index contributed by atoms with van der Waals surface area (Å²) < 4.78 is 16.2. The molecular formula is C25H32N4O6. The van der Waals surface area contributed by atoms with Gasteiger partial charge < -0.3 is 24.8 Å². The number of guanidine groups is 1. The van der Waals surface area contributed by atoms with Crippen LogP contribution in [-0.4, -0.2) is 36.3 Å². The molecule has 0 radical (unpaired) electrons. The number of carbonyl (C=O) groups excluding carboxylic acids is 3. The van der Waals surface area contributed by atoms with Crippen LogP contribution in [0.2, 0.25) is 0 Å². The molecule has 10 heteroatoms. The minimum Gasteiger partial charge on any atom is -0.457 e. The van der Waals surface area contributed by atoms with Gasteiger partial charge in [-0.25, -0.2) is 9.59 Å². The summed E-state index contributed by atoms with van der Waals surface area (Å²) in [6, 6.07) is 14.0. The van der Waals surface area contributed by atoms with Gasteiger partial charge in [0, 0.05) is 13.0 Å². The first-order chi connectivity index (χ1) is 16.7. The Balaban J connectivity index is 2.32. The van der Waals surface area contributed by atoms with E-state index < -0.39 is 12.2 Å². The Labute approximate surface area is 205 Å². The lowest BCUT2D eigenvalue weighted by atomic mass is 10.2. The standard InChI is InChI=1S/C25H32N4O6/c1-6-16(3)33-24(31)28-23(29-25(32)34-17(4)7-2)27-21-14-13-20(15-22(21)26-18(5)30)35-19-11-9-8-10-12-19/h8-17H,6-7H2,1-5H3,(H,26,30)(H2,27,28,29,31,32). The van der Waals surface area contributed by atoms with E-state index in [9.17, 15) is 14.4 Å². The van der Waals surface area contributed by atoms with E-state index in [-0.39, 0.29) is 24.1 Å². The Morgan fingerprint density at radius 1 is 0.857 bits per heavy atom. The third-order valence-corrected chi connectivity index (χ3v) is 4.72. The molecular weight excluding hydrogens is 452 g/mol. The van der Waals surface area contributed by atoms with Crippen molar-refractivity contribution in [1.82, 2.24) is 5.32 Å². The van der Waals surface area contributed by atoms with Crippen molar-refractivity contribution in [1.29, 1.82) is 0 Å². The highest BCUT2D eigenvalue weighted by Crippen LogP contribution is 2.30. The molecule has 0 saturated carbocycles. The molecule has 0 aliphatic rings. The molecule has 0 spiro atoms. The minimum atomic E-state index is -0.893. The number of alkyl carbamates (subject to hydrolysis) is 1. The second-order valence-corrected chi connectivity index (χ2v) is 7.74. The number of amides is 3. The van der Waals surface area contributed by atoms with Crippen LogP contribution in [0, 0.1) is 0 Å². The van der Waals surface area contributed by atoms with Crippen LogP contribution < -0.4 is 20.7 Å². The second kappa shape index (κ2) is 13.6. The largest absolute Gasteiger partial charge is 0.457 e. The number of hydrogen-bond donors (Lipinski definition) is 3. The Hall–Kier alpha value is -4.08. The minimum absolute atomic E-state index is 0.227. The molecule has 2 unspecified atom stereocenters. The van der Waals surface area contributed by atoms with Crippen molar-refractivity contribution in [3.63, 3.8) is 0 Å². The normalized spacial score (nSPS) is 12.7. The zero-order chi connectivity index (χ0) is 25.8. The van der Waals surface area contributed by atoms with Crippen molar-refractivity contribution in [3.8, 4) is 11.5 Å². The zero-order valence-electron chi connectivity index (χ0n) is 20.6. The molecule has 2 aromatic carbocycles. The monoisotopic (exact) mass is 484 g/mol. The first-order valence-corrected chi connectivity index (χ1v) is 11.4. The quantitative estimate of drug-likeness (QED) is 0.326. The number of anilines is 2. The number of para-hydroxylation sites is 1. The predicted molar refractivity (Wildman–Crippen MR) is 134 cm³/mol. The SMILES string of the molecule is CCC(C)OC(=O)N=C(NC(=O)OC(C)CC)Nc1ccc(Oc2ccccc2)cc1NC(C)=O.